The van der Waals surface area contributed by atoms with Gasteiger partial charge in [-0.2, -0.15) is 0 Å². The van der Waals surface area contributed by atoms with Gasteiger partial charge in [0.2, 0.25) is 0 Å². The van der Waals surface area contributed by atoms with E-state index < -0.39 is 5.97 Å². The summed E-state index contributed by atoms with van der Waals surface area (Å²) in [4.78, 5) is 14.8. The Labute approximate surface area is 97.2 Å². The number of hydrogen-bond acceptors (Lipinski definition) is 3. The molecule has 0 aliphatic heterocycles. The molecular weight excluding hydrogens is 224 g/mol. The third kappa shape index (κ3) is 2.49. The molecule has 2 heterocycles. The molecule has 2 aromatic rings. The monoisotopic (exact) mass is 236 g/mol. The minimum absolute atomic E-state index is 0.137. The van der Waals surface area contributed by atoms with Crippen molar-refractivity contribution in [3.8, 4) is 10.6 Å². The van der Waals surface area contributed by atoms with E-state index in [1.54, 1.807) is 11.3 Å². The van der Waals surface area contributed by atoms with Crippen molar-refractivity contribution < 1.29 is 9.90 Å². The summed E-state index contributed by atoms with van der Waals surface area (Å²) in [5.74, 6) is -0.783. The third-order valence-corrected chi connectivity index (χ3v) is 3.17. The second-order valence-electron chi connectivity index (χ2n) is 3.60. The first kappa shape index (κ1) is 10.9. The van der Waals surface area contributed by atoms with E-state index in [1.165, 1.54) is 0 Å². The van der Waals surface area contributed by atoms with E-state index in [2.05, 4.69) is 4.98 Å². The minimum Gasteiger partial charge on any atom is -0.481 e. The maximum absolute atomic E-state index is 10.4. The van der Waals surface area contributed by atoms with Gasteiger partial charge in [0.05, 0.1) is 12.1 Å². The average Bonchev–Trinajstić information content (AvgIpc) is 2.83. The van der Waals surface area contributed by atoms with Gasteiger partial charge in [0.25, 0.3) is 0 Å². The van der Waals surface area contributed by atoms with Gasteiger partial charge in [-0.3, -0.25) is 4.79 Å². The number of aromatic nitrogens is 2. The topological polar surface area (TPSA) is 55.1 Å². The summed E-state index contributed by atoms with van der Waals surface area (Å²) in [5, 5.41) is 11.4. The zero-order chi connectivity index (χ0) is 11.5. The average molecular weight is 236 g/mol. The molecule has 4 nitrogen and oxygen atoms in total. The van der Waals surface area contributed by atoms with Crippen molar-refractivity contribution in [1.82, 2.24) is 9.55 Å². The van der Waals surface area contributed by atoms with E-state index in [9.17, 15) is 4.79 Å². The van der Waals surface area contributed by atoms with Gasteiger partial charge in [-0.25, -0.2) is 4.98 Å². The molecule has 5 heteroatoms. The number of carbonyl (C=O) groups is 1. The normalized spacial score (nSPS) is 10.6. The Kier molecular flexibility index (Phi) is 3.05. The zero-order valence-electron chi connectivity index (χ0n) is 8.88. The van der Waals surface area contributed by atoms with Crippen molar-refractivity contribution in [2.75, 3.05) is 0 Å². The van der Waals surface area contributed by atoms with Crippen LogP contribution in [0.1, 0.15) is 12.1 Å². The quantitative estimate of drug-likeness (QED) is 0.885. The fourth-order valence-corrected chi connectivity index (χ4v) is 2.26. The van der Waals surface area contributed by atoms with Crippen molar-refractivity contribution in [3.63, 3.8) is 0 Å². The Bertz CT molecular complexity index is 502. The molecule has 0 saturated carbocycles. The molecule has 84 valence electrons. The Morgan fingerprint density at radius 1 is 1.62 bits per heavy atom. The molecule has 16 heavy (non-hydrogen) atoms. The fraction of sp³-hybridized carbons (Fsp3) is 0.273. The van der Waals surface area contributed by atoms with Crippen molar-refractivity contribution in [2.24, 2.45) is 7.05 Å². The number of aliphatic carboxylic acids is 1. The van der Waals surface area contributed by atoms with Crippen LogP contribution in [0.2, 0.25) is 0 Å². The van der Waals surface area contributed by atoms with Gasteiger partial charge in [-0.05, 0) is 6.07 Å². The van der Waals surface area contributed by atoms with Crippen LogP contribution in [-0.2, 0) is 18.3 Å². The van der Waals surface area contributed by atoms with Gasteiger partial charge in [-0.1, -0.05) is 0 Å². The number of rotatable bonds is 4. The summed E-state index contributed by atoms with van der Waals surface area (Å²) in [7, 11) is 1.96. The lowest BCUT2D eigenvalue weighted by molar-refractivity contribution is -0.136. The van der Waals surface area contributed by atoms with Crippen molar-refractivity contribution >= 4 is 17.3 Å². The molecule has 2 rings (SSSR count). The zero-order valence-corrected chi connectivity index (χ0v) is 9.70. The first-order valence-corrected chi connectivity index (χ1v) is 5.81. The van der Waals surface area contributed by atoms with Gasteiger partial charge in [0, 0.05) is 36.8 Å². The molecule has 1 N–H and O–H groups in total. The number of carboxylic acid groups (broad SMARTS) is 1. The van der Waals surface area contributed by atoms with E-state index in [4.69, 9.17) is 5.11 Å². The van der Waals surface area contributed by atoms with E-state index in [0.717, 1.165) is 16.3 Å². The molecule has 0 bridgehead atoms. The number of nitrogens with zero attached hydrogens (tertiary/aromatic N) is 2. The summed E-state index contributed by atoms with van der Waals surface area (Å²) >= 11 is 1.55. The number of carboxylic acids is 1. The van der Waals surface area contributed by atoms with Crippen LogP contribution in [0.5, 0.6) is 0 Å². The van der Waals surface area contributed by atoms with Crippen LogP contribution in [-0.4, -0.2) is 20.6 Å². The number of aryl methyl sites for hydroxylation is 2. The highest BCUT2D eigenvalue weighted by Crippen LogP contribution is 2.24. The fourth-order valence-electron chi connectivity index (χ4n) is 1.42. The maximum atomic E-state index is 10.4. The van der Waals surface area contributed by atoms with Crippen molar-refractivity contribution in [3.05, 3.63) is 29.5 Å². The third-order valence-electron chi connectivity index (χ3n) is 2.23. The highest BCUT2D eigenvalue weighted by atomic mass is 32.1. The van der Waals surface area contributed by atoms with E-state index >= 15 is 0 Å². The molecule has 0 radical (unpaired) electrons. The van der Waals surface area contributed by atoms with E-state index in [0.29, 0.717) is 6.42 Å². The molecule has 0 saturated heterocycles. The van der Waals surface area contributed by atoms with Crippen LogP contribution in [0, 0.1) is 0 Å². The minimum atomic E-state index is -0.783. The molecule has 0 spiro atoms. The molecular formula is C11H12N2O2S. The first-order valence-electron chi connectivity index (χ1n) is 4.93. The lowest BCUT2D eigenvalue weighted by atomic mass is 10.2. The molecule has 0 fully saturated rings. The summed E-state index contributed by atoms with van der Waals surface area (Å²) in [6.45, 7) is 0. The van der Waals surface area contributed by atoms with Gasteiger partial charge in [-0.15, -0.1) is 11.3 Å². The molecule has 0 amide bonds. The molecule has 0 aliphatic carbocycles. The predicted octanol–water partition coefficient (Wildman–Crippen LogP) is 2.17. The van der Waals surface area contributed by atoms with E-state index in [1.807, 2.05) is 35.5 Å². The van der Waals surface area contributed by atoms with Crippen LogP contribution in [0.4, 0.5) is 0 Å². The summed E-state index contributed by atoms with van der Waals surface area (Å²) in [6.07, 6.45) is 4.60. The van der Waals surface area contributed by atoms with Gasteiger partial charge < -0.3 is 9.67 Å². The van der Waals surface area contributed by atoms with Gasteiger partial charge in [0.15, 0.2) is 0 Å². The standard InChI is InChI=1S/C11H12N2O2S/c1-13-5-4-8(6-13)11-12-9(7-16-11)2-3-10(14)15/h4-7H,2-3H2,1H3,(H,14,15). The maximum Gasteiger partial charge on any atom is 0.303 e. The molecule has 0 aliphatic rings. The summed E-state index contributed by atoms with van der Waals surface area (Å²) < 4.78 is 1.97. The summed E-state index contributed by atoms with van der Waals surface area (Å²) in [6, 6.07) is 2.00. The van der Waals surface area contributed by atoms with Gasteiger partial charge >= 0.3 is 5.97 Å². The summed E-state index contributed by atoms with van der Waals surface area (Å²) in [5.41, 5.74) is 1.93. The Morgan fingerprint density at radius 2 is 2.44 bits per heavy atom. The largest absolute Gasteiger partial charge is 0.481 e. The molecule has 0 aromatic carbocycles. The lowest BCUT2D eigenvalue weighted by Gasteiger charge is -1.91. The van der Waals surface area contributed by atoms with Crippen LogP contribution in [0.25, 0.3) is 10.6 Å². The van der Waals surface area contributed by atoms with Crippen molar-refractivity contribution in [2.45, 2.75) is 12.8 Å². The molecule has 2 aromatic heterocycles. The van der Waals surface area contributed by atoms with Crippen LogP contribution < -0.4 is 0 Å². The first-order chi connectivity index (χ1) is 7.65. The molecule has 0 atom stereocenters. The Hall–Kier alpha value is -1.62. The lowest BCUT2D eigenvalue weighted by Crippen LogP contribution is -1.97. The highest BCUT2D eigenvalue weighted by Gasteiger charge is 2.07. The number of hydrogen-bond donors (Lipinski definition) is 1. The molecule has 0 unspecified atom stereocenters. The second kappa shape index (κ2) is 4.49. The van der Waals surface area contributed by atoms with Crippen LogP contribution >= 0.6 is 11.3 Å². The Morgan fingerprint density at radius 3 is 3.06 bits per heavy atom. The second-order valence-corrected chi connectivity index (χ2v) is 4.46. The highest BCUT2D eigenvalue weighted by molar-refractivity contribution is 7.13. The Balaban J connectivity index is 2.10. The van der Waals surface area contributed by atoms with Gasteiger partial charge in [0.1, 0.15) is 5.01 Å². The van der Waals surface area contributed by atoms with E-state index in [-0.39, 0.29) is 6.42 Å². The van der Waals surface area contributed by atoms with Crippen molar-refractivity contribution in [1.29, 1.82) is 0 Å². The van der Waals surface area contributed by atoms with Crippen LogP contribution in [0.3, 0.4) is 0 Å². The smallest absolute Gasteiger partial charge is 0.303 e. The number of thiazole rings is 1. The SMILES string of the molecule is Cn1ccc(-c2nc(CCC(=O)O)cs2)c1. The van der Waals surface area contributed by atoms with Crippen LogP contribution in [0.15, 0.2) is 23.8 Å². The predicted molar refractivity (Wildman–Crippen MR) is 62.5 cm³/mol.